The van der Waals surface area contributed by atoms with Crippen LogP contribution in [-0.4, -0.2) is 9.97 Å². The number of alkyl halides is 6. The van der Waals surface area contributed by atoms with Crippen molar-refractivity contribution < 1.29 is 26.3 Å². The van der Waals surface area contributed by atoms with E-state index in [9.17, 15) is 26.3 Å². The number of hydrogen-bond acceptors (Lipinski definition) is 4. The highest BCUT2D eigenvalue weighted by Crippen LogP contribution is 2.38. The molecule has 0 spiro atoms. The van der Waals surface area contributed by atoms with Crippen molar-refractivity contribution in [2.45, 2.75) is 19.3 Å². The van der Waals surface area contributed by atoms with Crippen molar-refractivity contribution in [3.05, 3.63) is 58.1 Å². The number of aryl methyl sites for hydroxylation is 1. The van der Waals surface area contributed by atoms with E-state index in [1.807, 2.05) is 0 Å². The maximum absolute atomic E-state index is 13.1. The molecule has 0 atom stereocenters. The minimum absolute atomic E-state index is 0.0440. The Morgan fingerprint density at radius 2 is 1.50 bits per heavy atom. The number of hydrogen-bond donors (Lipinski definition) is 2. The first-order valence-corrected chi connectivity index (χ1v) is 8.64. The van der Waals surface area contributed by atoms with Gasteiger partial charge in [0.05, 0.1) is 16.6 Å². The first-order valence-electron chi connectivity index (χ1n) is 8.26. The number of nitrogen functional groups attached to an aromatic ring is 2. The van der Waals surface area contributed by atoms with Crippen LogP contribution >= 0.6 is 11.6 Å². The van der Waals surface area contributed by atoms with Crippen molar-refractivity contribution in [3.8, 4) is 0 Å². The first-order chi connectivity index (χ1) is 13.8. The van der Waals surface area contributed by atoms with Gasteiger partial charge in [-0.25, -0.2) is 4.98 Å². The third-order valence-electron chi connectivity index (χ3n) is 4.33. The van der Waals surface area contributed by atoms with Crippen LogP contribution in [0.5, 0.6) is 0 Å². The summed E-state index contributed by atoms with van der Waals surface area (Å²) in [4.78, 5) is 7.89. The van der Waals surface area contributed by atoms with E-state index in [-0.39, 0.29) is 28.4 Å². The normalized spacial score (nSPS) is 13.1. The molecule has 0 saturated heterocycles. The minimum Gasteiger partial charge on any atom is -0.383 e. The van der Waals surface area contributed by atoms with Gasteiger partial charge in [-0.2, -0.15) is 31.3 Å². The van der Waals surface area contributed by atoms with Gasteiger partial charge >= 0.3 is 12.4 Å². The quantitative estimate of drug-likeness (QED) is 0.381. The number of anilines is 2. The van der Waals surface area contributed by atoms with E-state index in [0.29, 0.717) is 34.2 Å². The van der Waals surface area contributed by atoms with E-state index in [1.54, 1.807) is 6.92 Å². The van der Waals surface area contributed by atoms with Gasteiger partial charge in [0.1, 0.15) is 5.82 Å². The van der Waals surface area contributed by atoms with Crippen molar-refractivity contribution in [1.82, 2.24) is 9.97 Å². The fourth-order valence-electron chi connectivity index (χ4n) is 2.99. The maximum Gasteiger partial charge on any atom is 0.416 e. The molecule has 0 amide bonds. The molecule has 0 radical (unpaired) electrons. The van der Waals surface area contributed by atoms with Gasteiger partial charge in [-0.05, 0) is 54.0 Å². The Kier molecular flexibility index (Phi) is 5.32. The highest BCUT2D eigenvalue weighted by atomic mass is 35.5. The highest BCUT2D eigenvalue weighted by Gasteiger charge is 2.36. The molecule has 1 heterocycles. The lowest BCUT2D eigenvalue weighted by atomic mass is 10.00. The summed E-state index contributed by atoms with van der Waals surface area (Å²) in [6.45, 7) is 1.62. The molecule has 4 nitrogen and oxygen atoms in total. The molecule has 0 unspecified atom stereocenters. The average molecular weight is 447 g/mol. The minimum atomic E-state index is -4.96. The van der Waals surface area contributed by atoms with E-state index >= 15 is 0 Å². The topological polar surface area (TPSA) is 77.8 Å². The zero-order chi connectivity index (χ0) is 22.4. The Morgan fingerprint density at radius 1 is 0.933 bits per heavy atom. The van der Waals surface area contributed by atoms with Crippen LogP contribution in [0.2, 0.25) is 0 Å². The van der Waals surface area contributed by atoms with Crippen LogP contribution in [0.4, 0.5) is 38.1 Å². The van der Waals surface area contributed by atoms with E-state index < -0.39 is 23.5 Å². The fraction of sp³-hybridized carbons (Fsp3) is 0.158. The lowest BCUT2D eigenvalue weighted by molar-refractivity contribution is -0.143. The van der Waals surface area contributed by atoms with Crippen molar-refractivity contribution >= 4 is 45.4 Å². The van der Waals surface area contributed by atoms with Crippen molar-refractivity contribution in [2.75, 3.05) is 11.5 Å². The third-order valence-corrected chi connectivity index (χ3v) is 4.64. The predicted molar refractivity (Wildman–Crippen MR) is 103 cm³/mol. The number of benzene rings is 2. The maximum atomic E-state index is 13.1. The second-order valence-electron chi connectivity index (χ2n) is 6.43. The molecule has 30 heavy (non-hydrogen) atoms. The van der Waals surface area contributed by atoms with E-state index in [1.165, 1.54) is 12.1 Å². The third kappa shape index (κ3) is 4.28. The molecule has 0 bridgehead atoms. The summed E-state index contributed by atoms with van der Waals surface area (Å²) in [6.07, 6.45) is -8.89. The number of rotatable bonds is 2. The number of halogens is 7. The van der Waals surface area contributed by atoms with Gasteiger partial charge in [-0.1, -0.05) is 17.7 Å². The molecule has 0 aliphatic carbocycles. The van der Waals surface area contributed by atoms with Crippen LogP contribution in [0.1, 0.15) is 27.8 Å². The van der Waals surface area contributed by atoms with Crippen LogP contribution in [0.25, 0.3) is 22.0 Å². The smallest absolute Gasteiger partial charge is 0.383 e. The molecule has 11 heteroatoms. The Bertz CT molecular complexity index is 1140. The van der Waals surface area contributed by atoms with Gasteiger partial charge in [0, 0.05) is 10.4 Å². The Labute approximate surface area is 171 Å². The summed E-state index contributed by atoms with van der Waals surface area (Å²) >= 11 is 6.26. The van der Waals surface area contributed by atoms with E-state index in [4.69, 9.17) is 23.1 Å². The van der Waals surface area contributed by atoms with E-state index in [0.717, 1.165) is 6.08 Å². The van der Waals surface area contributed by atoms with Gasteiger partial charge in [0.15, 0.2) is 0 Å². The van der Waals surface area contributed by atoms with Crippen LogP contribution in [0, 0.1) is 6.92 Å². The molecular formula is C19H13ClF6N4. The van der Waals surface area contributed by atoms with Gasteiger partial charge in [-0.15, -0.1) is 0 Å². The van der Waals surface area contributed by atoms with Gasteiger partial charge in [-0.3, -0.25) is 0 Å². The fourth-order valence-corrected chi connectivity index (χ4v) is 3.32. The molecule has 4 N–H and O–H groups in total. The van der Waals surface area contributed by atoms with Crippen LogP contribution in [0.3, 0.4) is 0 Å². The first kappa shape index (κ1) is 21.7. The highest BCUT2D eigenvalue weighted by molar-refractivity contribution is 6.51. The summed E-state index contributed by atoms with van der Waals surface area (Å²) in [5, 5.41) is 0.339. The zero-order valence-corrected chi connectivity index (χ0v) is 15.9. The van der Waals surface area contributed by atoms with Crippen LogP contribution in [0.15, 0.2) is 30.3 Å². The second kappa shape index (κ2) is 7.35. The van der Waals surface area contributed by atoms with Gasteiger partial charge < -0.3 is 11.5 Å². The lowest BCUT2D eigenvalue weighted by Crippen LogP contribution is -2.11. The number of nitrogens with two attached hydrogens (primary N) is 2. The van der Waals surface area contributed by atoms with Crippen LogP contribution in [-0.2, 0) is 12.4 Å². The van der Waals surface area contributed by atoms with E-state index in [2.05, 4.69) is 9.97 Å². The molecule has 3 aromatic rings. The molecule has 0 aliphatic rings. The standard InChI is InChI=1S/C19H13ClF6N4/c1-8-12(2-3-14-15(8)16(27)30-17(28)29-14)13(20)6-9-4-10(18(21,22)23)7-11(5-9)19(24,25)26/h2-7H,1H3,(H4,27,28,29,30)/b13-6-. The van der Waals surface area contributed by atoms with Gasteiger partial charge in [0.25, 0.3) is 0 Å². The number of aromatic nitrogens is 2. The summed E-state index contributed by atoms with van der Waals surface area (Å²) < 4.78 is 78.3. The lowest BCUT2D eigenvalue weighted by Gasteiger charge is -2.14. The molecule has 1 aromatic heterocycles. The molecule has 0 fully saturated rings. The molecule has 158 valence electrons. The summed E-state index contributed by atoms with van der Waals surface area (Å²) in [7, 11) is 0. The average Bonchev–Trinajstić information content (AvgIpc) is 2.59. The second-order valence-corrected chi connectivity index (χ2v) is 6.84. The predicted octanol–water partition coefficient (Wildman–Crippen LogP) is 5.88. The molecular weight excluding hydrogens is 434 g/mol. The Morgan fingerprint density at radius 3 is 2.03 bits per heavy atom. The Hall–Kier alpha value is -3.01. The molecule has 0 saturated carbocycles. The molecule has 0 aliphatic heterocycles. The van der Waals surface area contributed by atoms with Crippen molar-refractivity contribution in [1.29, 1.82) is 0 Å². The van der Waals surface area contributed by atoms with Gasteiger partial charge in [0.2, 0.25) is 5.95 Å². The van der Waals surface area contributed by atoms with Crippen molar-refractivity contribution in [3.63, 3.8) is 0 Å². The zero-order valence-electron chi connectivity index (χ0n) is 15.2. The Balaban J connectivity index is 2.17. The molecule has 3 rings (SSSR count). The summed E-state index contributed by atoms with van der Waals surface area (Å²) in [5.74, 6) is 0.0252. The number of nitrogens with zero attached hydrogens (tertiary/aromatic N) is 2. The van der Waals surface area contributed by atoms with Crippen LogP contribution < -0.4 is 11.5 Å². The molecule has 2 aromatic carbocycles. The summed E-state index contributed by atoms with van der Waals surface area (Å²) in [6, 6.07) is 4.27. The van der Waals surface area contributed by atoms with Crippen molar-refractivity contribution in [2.24, 2.45) is 0 Å². The monoisotopic (exact) mass is 446 g/mol. The number of fused-ring (bicyclic) bond motifs is 1. The largest absolute Gasteiger partial charge is 0.416 e. The summed E-state index contributed by atoms with van der Waals surface area (Å²) in [5.41, 5.74) is 9.45. The SMILES string of the molecule is Cc1c(/C(Cl)=C/c2cc(C(F)(F)F)cc(C(F)(F)F)c2)ccc2nc(N)nc(N)c12.